The Morgan fingerprint density at radius 2 is 1.90 bits per heavy atom. The van der Waals surface area contributed by atoms with Gasteiger partial charge in [-0.05, 0) is 41.3 Å². The molecule has 0 spiro atoms. The van der Waals surface area contributed by atoms with Crippen molar-refractivity contribution in [3.8, 4) is 0 Å². The molecule has 0 saturated heterocycles. The lowest BCUT2D eigenvalue weighted by molar-refractivity contribution is -0.116. The van der Waals surface area contributed by atoms with Gasteiger partial charge in [0.05, 0.1) is 6.10 Å². The van der Waals surface area contributed by atoms with Gasteiger partial charge in [-0.15, -0.1) is 0 Å². The third-order valence-corrected chi connectivity index (χ3v) is 3.75. The smallest absolute Gasteiger partial charge is 0.224 e. The molecule has 2 aromatic carbocycles. The molecule has 1 unspecified atom stereocenters. The van der Waals surface area contributed by atoms with E-state index in [-0.39, 0.29) is 11.7 Å². The molecule has 0 aliphatic carbocycles. The first-order valence-corrected chi connectivity index (χ1v) is 6.97. The van der Waals surface area contributed by atoms with Gasteiger partial charge in [-0.2, -0.15) is 0 Å². The fourth-order valence-corrected chi connectivity index (χ4v) is 2.57. The fraction of sp³-hybridized carbons (Fsp3) is 0.235. The summed E-state index contributed by atoms with van der Waals surface area (Å²) in [6.07, 6.45) is 0.965. The van der Waals surface area contributed by atoms with E-state index in [9.17, 15) is 14.3 Å². The summed E-state index contributed by atoms with van der Waals surface area (Å²) in [7, 11) is 0. The zero-order chi connectivity index (χ0) is 14.8. The Hall–Kier alpha value is -2.20. The number of amides is 1. The van der Waals surface area contributed by atoms with Crippen LogP contribution in [-0.2, 0) is 17.6 Å². The van der Waals surface area contributed by atoms with E-state index < -0.39 is 6.10 Å². The summed E-state index contributed by atoms with van der Waals surface area (Å²) in [5, 5.41) is 13.1. The molecule has 0 radical (unpaired) electrons. The van der Waals surface area contributed by atoms with Crippen molar-refractivity contribution in [3.63, 3.8) is 0 Å². The van der Waals surface area contributed by atoms with E-state index in [4.69, 9.17) is 0 Å². The van der Waals surface area contributed by atoms with E-state index >= 15 is 0 Å². The van der Waals surface area contributed by atoms with Crippen LogP contribution < -0.4 is 5.32 Å². The molecule has 4 heteroatoms. The maximum Gasteiger partial charge on any atom is 0.224 e. The van der Waals surface area contributed by atoms with Gasteiger partial charge in [0.2, 0.25) is 5.91 Å². The number of benzene rings is 2. The molecule has 0 fully saturated rings. The van der Waals surface area contributed by atoms with Crippen LogP contribution in [0.4, 0.5) is 10.1 Å². The van der Waals surface area contributed by atoms with Crippen LogP contribution in [0.5, 0.6) is 0 Å². The SMILES string of the molecule is O=C1CCc2cc(C(O)Cc3ccc(F)cc3)ccc2N1. The van der Waals surface area contributed by atoms with Gasteiger partial charge in [-0.3, -0.25) is 4.79 Å². The van der Waals surface area contributed by atoms with Crippen molar-refractivity contribution in [2.24, 2.45) is 0 Å². The minimum absolute atomic E-state index is 0.0297. The van der Waals surface area contributed by atoms with Gasteiger partial charge >= 0.3 is 0 Å². The molecule has 108 valence electrons. The first kappa shape index (κ1) is 13.8. The van der Waals surface area contributed by atoms with Crippen LogP contribution in [0, 0.1) is 5.82 Å². The average molecular weight is 285 g/mol. The summed E-state index contributed by atoms with van der Waals surface area (Å²) in [5.74, 6) is -0.250. The summed E-state index contributed by atoms with van der Waals surface area (Å²) in [6, 6.07) is 11.7. The monoisotopic (exact) mass is 285 g/mol. The number of carbonyl (C=O) groups is 1. The van der Waals surface area contributed by atoms with E-state index in [2.05, 4.69) is 5.32 Å². The summed E-state index contributed by atoms with van der Waals surface area (Å²) in [6.45, 7) is 0. The number of carbonyl (C=O) groups excluding carboxylic acids is 1. The molecule has 3 nitrogen and oxygen atoms in total. The standard InChI is InChI=1S/C17H16FNO2/c18-14-5-1-11(2-6-14)9-16(20)13-3-7-15-12(10-13)4-8-17(21)19-15/h1-3,5-7,10,16,20H,4,8-9H2,(H,19,21). The molecule has 1 aliphatic rings. The quantitative estimate of drug-likeness (QED) is 0.911. The summed E-state index contributed by atoms with van der Waals surface area (Å²) in [4.78, 5) is 11.3. The van der Waals surface area contributed by atoms with Crippen molar-refractivity contribution < 1.29 is 14.3 Å². The number of anilines is 1. The highest BCUT2D eigenvalue weighted by Crippen LogP contribution is 2.27. The molecule has 0 bridgehead atoms. The molecule has 1 aliphatic heterocycles. The molecule has 1 amide bonds. The lowest BCUT2D eigenvalue weighted by atomic mass is 9.95. The number of hydrogen-bond acceptors (Lipinski definition) is 2. The molecular weight excluding hydrogens is 269 g/mol. The van der Waals surface area contributed by atoms with Gasteiger partial charge in [-0.25, -0.2) is 4.39 Å². The predicted octanol–water partition coefficient (Wildman–Crippen LogP) is 2.99. The van der Waals surface area contributed by atoms with E-state index in [0.29, 0.717) is 19.3 Å². The Balaban J connectivity index is 1.77. The number of halogens is 1. The zero-order valence-electron chi connectivity index (χ0n) is 11.5. The van der Waals surface area contributed by atoms with E-state index in [0.717, 1.165) is 22.4 Å². The van der Waals surface area contributed by atoms with E-state index in [1.54, 1.807) is 12.1 Å². The normalized spacial score (nSPS) is 15.2. The van der Waals surface area contributed by atoms with Gasteiger partial charge < -0.3 is 10.4 Å². The zero-order valence-corrected chi connectivity index (χ0v) is 11.5. The van der Waals surface area contributed by atoms with Gasteiger partial charge in [0, 0.05) is 18.5 Å². The van der Waals surface area contributed by atoms with Crippen molar-refractivity contribution in [2.45, 2.75) is 25.4 Å². The number of rotatable bonds is 3. The third kappa shape index (κ3) is 3.11. The second-order valence-electron chi connectivity index (χ2n) is 5.31. The maximum atomic E-state index is 12.9. The second-order valence-corrected chi connectivity index (χ2v) is 5.31. The van der Waals surface area contributed by atoms with Gasteiger partial charge in [0.1, 0.15) is 5.82 Å². The van der Waals surface area contributed by atoms with Crippen LogP contribution in [0.1, 0.15) is 29.2 Å². The lowest BCUT2D eigenvalue weighted by Crippen LogP contribution is -2.19. The average Bonchev–Trinajstić information content (AvgIpc) is 2.49. The Labute approximate surface area is 122 Å². The largest absolute Gasteiger partial charge is 0.388 e. The third-order valence-electron chi connectivity index (χ3n) is 3.75. The van der Waals surface area contributed by atoms with Crippen LogP contribution in [-0.4, -0.2) is 11.0 Å². The fourth-order valence-electron chi connectivity index (χ4n) is 2.57. The molecule has 1 atom stereocenters. The summed E-state index contributed by atoms with van der Waals surface area (Å²) in [5.41, 5.74) is 3.57. The highest BCUT2D eigenvalue weighted by molar-refractivity contribution is 5.93. The molecule has 1 heterocycles. The highest BCUT2D eigenvalue weighted by atomic mass is 19.1. The minimum Gasteiger partial charge on any atom is -0.388 e. The maximum absolute atomic E-state index is 12.9. The van der Waals surface area contributed by atoms with Crippen molar-refractivity contribution >= 4 is 11.6 Å². The number of aliphatic hydroxyl groups is 1. The number of hydrogen-bond donors (Lipinski definition) is 2. The van der Waals surface area contributed by atoms with Crippen LogP contribution in [0.25, 0.3) is 0 Å². The predicted molar refractivity (Wildman–Crippen MR) is 78.5 cm³/mol. The van der Waals surface area contributed by atoms with Gasteiger partial charge in [0.15, 0.2) is 0 Å². The molecule has 2 aromatic rings. The second kappa shape index (κ2) is 5.66. The summed E-state index contributed by atoms with van der Waals surface area (Å²) < 4.78 is 12.9. The topological polar surface area (TPSA) is 49.3 Å². The Kier molecular flexibility index (Phi) is 3.71. The number of aliphatic hydroxyl groups excluding tert-OH is 1. The molecule has 21 heavy (non-hydrogen) atoms. The van der Waals surface area contributed by atoms with Crippen LogP contribution in [0.3, 0.4) is 0 Å². The summed E-state index contributed by atoms with van der Waals surface area (Å²) >= 11 is 0. The number of nitrogens with one attached hydrogen (secondary N) is 1. The molecule has 3 rings (SSSR count). The first-order valence-electron chi connectivity index (χ1n) is 6.97. The van der Waals surface area contributed by atoms with Crippen LogP contribution in [0.15, 0.2) is 42.5 Å². The highest BCUT2D eigenvalue weighted by Gasteiger charge is 2.17. The van der Waals surface area contributed by atoms with Crippen molar-refractivity contribution in [1.29, 1.82) is 0 Å². The number of aryl methyl sites for hydroxylation is 1. The lowest BCUT2D eigenvalue weighted by Gasteiger charge is -2.19. The van der Waals surface area contributed by atoms with E-state index in [1.165, 1.54) is 12.1 Å². The minimum atomic E-state index is -0.640. The molecule has 0 saturated carbocycles. The molecule has 2 N–H and O–H groups in total. The number of fused-ring (bicyclic) bond motifs is 1. The first-order chi connectivity index (χ1) is 10.1. The molecule has 0 aromatic heterocycles. The van der Waals surface area contributed by atoms with Crippen LogP contribution >= 0.6 is 0 Å². The Morgan fingerprint density at radius 3 is 2.67 bits per heavy atom. The van der Waals surface area contributed by atoms with Crippen LogP contribution in [0.2, 0.25) is 0 Å². The van der Waals surface area contributed by atoms with Crippen molar-refractivity contribution in [1.82, 2.24) is 0 Å². The Bertz CT molecular complexity index is 667. The van der Waals surface area contributed by atoms with Gasteiger partial charge in [0.25, 0.3) is 0 Å². The van der Waals surface area contributed by atoms with Gasteiger partial charge in [-0.1, -0.05) is 24.3 Å². The Morgan fingerprint density at radius 1 is 1.14 bits per heavy atom. The van der Waals surface area contributed by atoms with E-state index in [1.807, 2.05) is 18.2 Å². The van der Waals surface area contributed by atoms with Crippen molar-refractivity contribution in [2.75, 3.05) is 5.32 Å². The molecular formula is C17H16FNO2. The van der Waals surface area contributed by atoms with Crippen molar-refractivity contribution in [3.05, 3.63) is 65.0 Å².